The highest BCUT2D eigenvalue weighted by atomic mass is 32.2. The number of hydrogen-bond acceptors (Lipinski definition) is 3. The summed E-state index contributed by atoms with van der Waals surface area (Å²) in [4.78, 5) is 17.2. The van der Waals surface area contributed by atoms with Gasteiger partial charge in [-0.3, -0.25) is 0 Å². The largest absolute Gasteiger partial charge is 0.322 e. The summed E-state index contributed by atoms with van der Waals surface area (Å²) in [6.45, 7) is 4.45. The Morgan fingerprint density at radius 2 is 1.66 bits per heavy atom. The molecule has 0 fully saturated rings. The van der Waals surface area contributed by atoms with Crippen molar-refractivity contribution in [3.05, 3.63) is 125 Å². The molecule has 0 radical (unpaired) electrons. The maximum atomic E-state index is 14.1. The fourth-order valence-electron chi connectivity index (χ4n) is 5.19. The number of nitrogens with one attached hydrogen (secondary N) is 1. The molecular formula is C31H29N5OS. The highest BCUT2D eigenvalue weighted by Gasteiger charge is 2.36. The first-order chi connectivity index (χ1) is 18.5. The average Bonchev–Trinajstić information content (AvgIpc) is 3.51. The molecular weight excluding hydrogens is 490 g/mol. The number of aromatic nitrogens is 3. The standard InChI is InChI=1S/C31H29N5OS/c1-21-10-7-8-13-27(21)32-31(37)35-20-26-22(2)33-36(24-11-5-4-6-12-24)30(26)34-19-9-14-28(34)29(35)23-15-17-25(38-3)18-16-23/h4-19,29H,20H2,1-3H3,(H,32,37)/t29-/m1/s1. The second-order valence-electron chi connectivity index (χ2n) is 9.49. The number of carbonyl (C=O) groups excluding carboxylic acids is 1. The minimum atomic E-state index is -0.291. The minimum absolute atomic E-state index is 0.147. The molecule has 2 aromatic heterocycles. The molecule has 38 heavy (non-hydrogen) atoms. The summed E-state index contributed by atoms with van der Waals surface area (Å²) in [7, 11) is 0. The van der Waals surface area contributed by atoms with E-state index in [1.165, 1.54) is 4.90 Å². The number of amides is 2. The highest BCUT2D eigenvalue weighted by Crippen LogP contribution is 2.39. The van der Waals surface area contributed by atoms with Crippen molar-refractivity contribution in [2.24, 2.45) is 0 Å². The fourth-order valence-corrected chi connectivity index (χ4v) is 5.59. The molecule has 0 aliphatic carbocycles. The van der Waals surface area contributed by atoms with Crippen molar-refractivity contribution in [1.82, 2.24) is 19.2 Å². The number of thioether (sulfide) groups is 1. The lowest BCUT2D eigenvalue weighted by Gasteiger charge is -2.31. The Labute approximate surface area is 226 Å². The minimum Gasteiger partial charge on any atom is -0.308 e. The molecule has 0 unspecified atom stereocenters. The van der Waals surface area contributed by atoms with Crippen LogP contribution in [0.2, 0.25) is 0 Å². The zero-order chi connectivity index (χ0) is 26.2. The normalized spacial score (nSPS) is 14.5. The fraction of sp³-hybridized carbons (Fsp3) is 0.161. The second kappa shape index (κ2) is 9.91. The number of rotatable bonds is 4. The van der Waals surface area contributed by atoms with E-state index in [1.807, 2.05) is 72.0 Å². The van der Waals surface area contributed by atoms with Crippen LogP contribution in [0.5, 0.6) is 0 Å². The molecule has 0 saturated heterocycles. The number of anilines is 1. The van der Waals surface area contributed by atoms with Gasteiger partial charge in [0.05, 0.1) is 29.7 Å². The van der Waals surface area contributed by atoms with Crippen molar-refractivity contribution in [1.29, 1.82) is 0 Å². The smallest absolute Gasteiger partial charge is 0.308 e. The van der Waals surface area contributed by atoms with Crippen LogP contribution in [0.25, 0.3) is 11.5 Å². The maximum absolute atomic E-state index is 14.1. The topological polar surface area (TPSA) is 55.1 Å². The predicted octanol–water partition coefficient (Wildman–Crippen LogP) is 7.14. The van der Waals surface area contributed by atoms with Crippen LogP contribution in [0, 0.1) is 13.8 Å². The molecule has 2 amide bonds. The van der Waals surface area contributed by atoms with E-state index in [0.717, 1.165) is 45.3 Å². The molecule has 7 heteroatoms. The van der Waals surface area contributed by atoms with Crippen LogP contribution in [0.1, 0.15) is 34.1 Å². The van der Waals surface area contributed by atoms with Crippen LogP contribution < -0.4 is 5.32 Å². The number of nitrogens with zero attached hydrogens (tertiary/aromatic N) is 4. The highest BCUT2D eigenvalue weighted by molar-refractivity contribution is 7.98. The molecule has 1 N–H and O–H groups in total. The third kappa shape index (κ3) is 4.19. The monoisotopic (exact) mass is 519 g/mol. The Bertz CT molecular complexity index is 1600. The van der Waals surface area contributed by atoms with Crippen molar-refractivity contribution in [2.75, 3.05) is 11.6 Å². The van der Waals surface area contributed by atoms with E-state index in [2.05, 4.69) is 64.8 Å². The van der Waals surface area contributed by atoms with E-state index in [9.17, 15) is 4.79 Å². The summed E-state index contributed by atoms with van der Waals surface area (Å²) in [5, 5.41) is 8.12. The van der Waals surface area contributed by atoms with E-state index < -0.39 is 0 Å². The van der Waals surface area contributed by atoms with E-state index in [-0.39, 0.29) is 12.1 Å². The summed E-state index contributed by atoms with van der Waals surface area (Å²) in [5.41, 5.74) is 6.81. The number of urea groups is 1. The lowest BCUT2D eigenvalue weighted by molar-refractivity contribution is 0.194. The van der Waals surface area contributed by atoms with Crippen LogP contribution >= 0.6 is 11.8 Å². The number of hydrogen-bond donors (Lipinski definition) is 1. The number of aryl methyl sites for hydroxylation is 2. The molecule has 0 spiro atoms. The maximum Gasteiger partial charge on any atom is 0.322 e. The van der Waals surface area contributed by atoms with Gasteiger partial charge in [-0.05, 0) is 73.7 Å². The van der Waals surface area contributed by atoms with Crippen molar-refractivity contribution in [2.45, 2.75) is 31.3 Å². The van der Waals surface area contributed by atoms with Gasteiger partial charge in [0.15, 0.2) is 0 Å². The molecule has 1 aliphatic heterocycles. The van der Waals surface area contributed by atoms with Crippen molar-refractivity contribution in [3.8, 4) is 11.5 Å². The van der Waals surface area contributed by atoms with Gasteiger partial charge in [-0.2, -0.15) is 5.10 Å². The Kier molecular flexibility index (Phi) is 6.29. The molecule has 190 valence electrons. The Morgan fingerprint density at radius 3 is 2.39 bits per heavy atom. The van der Waals surface area contributed by atoms with Gasteiger partial charge in [-0.15, -0.1) is 11.8 Å². The second-order valence-corrected chi connectivity index (χ2v) is 10.4. The molecule has 3 heterocycles. The van der Waals surface area contributed by atoms with Gasteiger partial charge in [-0.25, -0.2) is 9.48 Å². The third-order valence-corrected chi connectivity index (χ3v) is 7.91. The average molecular weight is 520 g/mol. The van der Waals surface area contributed by atoms with Crippen molar-refractivity contribution >= 4 is 23.5 Å². The summed E-state index contributed by atoms with van der Waals surface area (Å²) in [6.07, 6.45) is 4.14. The zero-order valence-corrected chi connectivity index (χ0v) is 22.4. The molecule has 6 nitrogen and oxygen atoms in total. The van der Waals surface area contributed by atoms with E-state index in [0.29, 0.717) is 6.54 Å². The predicted molar refractivity (Wildman–Crippen MR) is 153 cm³/mol. The van der Waals surface area contributed by atoms with Gasteiger partial charge >= 0.3 is 6.03 Å². The summed E-state index contributed by atoms with van der Waals surface area (Å²) in [5.74, 6) is 0.964. The molecule has 0 bridgehead atoms. The van der Waals surface area contributed by atoms with Gasteiger partial charge < -0.3 is 14.8 Å². The molecule has 3 aromatic carbocycles. The van der Waals surface area contributed by atoms with Crippen molar-refractivity contribution < 1.29 is 4.79 Å². The summed E-state index contributed by atoms with van der Waals surface area (Å²) in [6, 6.07) is 30.3. The van der Waals surface area contributed by atoms with Crippen LogP contribution in [0.15, 0.2) is 102 Å². The first-order valence-electron chi connectivity index (χ1n) is 12.6. The lowest BCUT2D eigenvalue weighted by atomic mass is 10.0. The van der Waals surface area contributed by atoms with Gasteiger partial charge in [0.25, 0.3) is 0 Å². The van der Waals surface area contributed by atoms with Gasteiger partial charge in [0.2, 0.25) is 0 Å². The Balaban J connectivity index is 1.53. The molecule has 1 aliphatic rings. The van der Waals surface area contributed by atoms with Crippen LogP contribution in [0.4, 0.5) is 10.5 Å². The molecule has 1 atom stereocenters. The first-order valence-corrected chi connectivity index (χ1v) is 13.9. The van der Waals surface area contributed by atoms with Crippen molar-refractivity contribution in [3.63, 3.8) is 0 Å². The molecule has 0 saturated carbocycles. The number of fused-ring (bicyclic) bond motifs is 3. The summed E-state index contributed by atoms with van der Waals surface area (Å²) < 4.78 is 4.18. The van der Waals surface area contributed by atoms with Gasteiger partial charge in [0.1, 0.15) is 5.82 Å². The number of benzene rings is 3. The van der Waals surface area contributed by atoms with E-state index in [4.69, 9.17) is 5.10 Å². The van der Waals surface area contributed by atoms with E-state index in [1.54, 1.807) is 11.8 Å². The first kappa shape index (κ1) is 24.1. The van der Waals surface area contributed by atoms with Gasteiger partial charge in [0, 0.05) is 22.3 Å². The lowest BCUT2D eigenvalue weighted by Crippen LogP contribution is -2.38. The number of para-hydroxylation sites is 2. The third-order valence-electron chi connectivity index (χ3n) is 7.17. The SMILES string of the molecule is CSc1ccc([C@@H]2c3cccn3-c3c(c(C)nn3-c3ccccc3)CN2C(=O)Nc2ccccc2C)cc1. The van der Waals surface area contributed by atoms with Crippen LogP contribution in [0.3, 0.4) is 0 Å². The Morgan fingerprint density at radius 1 is 0.921 bits per heavy atom. The van der Waals surface area contributed by atoms with Crippen LogP contribution in [-0.4, -0.2) is 31.5 Å². The number of carbonyl (C=O) groups is 1. The van der Waals surface area contributed by atoms with Crippen LogP contribution in [-0.2, 0) is 6.54 Å². The zero-order valence-electron chi connectivity index (χ0n) is 21.6. The quantitative estimate of drug-likeness (QED) is 0.257. The molecule has 5 aromatic rings. The Hall–Kier alpha value is -4.23. The molecule has 6 rings (SSSR count). The van der Waals surface area contributed by atoms with Gasteiger partial charge in [-0.1, -0.05) is 48.5 Å². The van der Waals surface area contributed by atoms with E-state index >= 15 is 0 Å². The summed E-state index contributed by atoms with van der Waals surface area (Å²) >= 11 is 1.71.